The highest BCUT2D eigenvalue weighted by Crippen LogP contribution is 2.61. The van der Waals surface area contributed by atoms with Gasteiger partial charge in [0.25, 0.3) is 0 Å². The van der Waals surface area contributed by atoms with E-state index < -0.39 is 0 Å². The van der Waals surface area contributed by atoms with Gasteiger partial charge in [0.15, 0.2) is 0 Å². The molecule has 1 atom stereocenters. The van der Waals surface area contributed by atoms with Gasteiger partial charge >= 0.3 is 0 Å². The zero-order valence-electron chi connectivity index (χ0n) is 11.0. The van der Waals surface area contributed by atoms with E-state index in [1.807, 2.05) is 6.08 Å². The van der Waals surface area contributed by atoms with Crippen LogP contribution in [0.2, 0.25) is 0 Å². The van der Waals surface area contributed by atoms with E-state index in [0.29, 0.717) is 11.5 Å². The highest BCUT2D eigenvalue weighted by molar-refractivity contribution is 5.02. The fourth-order valence-electron chi connectivity index (χ4n) is 5.53. The van der Waals surface area contributed by atoms with Gasteiger partial charge in [-0.1, -0.05) is 6.08 Å². The van der Waals surface area contributed by atoms with Gasteiger partial charge in [0, 0.05) is 6.04 Å². The first-order valence-corrected chi connectivity index (χ1v) is 7.55. The fourth-order valence-corrected chi connectivity index (χ4v) is 5.53. The van der Waals surface area contributed by atoms with Crippen LogP contribution < -0.4 is 5.73 Å². The van der Waals surface area contributed by atoms with E-state index >= 15 is 0 Å². The Bertz CT molecular complexity index is 259. The summed E-state index contributed by atoms with van der Waals surface area (Å²) in [5, 5.41) is 0. The summed E-state index contributed by atoms with van der Waals surface area (Å²) in [7, 11) is 0. The molecule has 17 heavy (non-hydrogen) atoms. The molecule has 0 aromatic carbocycles. The van der Waals surface area contributed by atoms with Gasteiger partial charge in [0.05, 0.1) is 0 Å². The molecule has 0 spiro atoms. The minimum atomic E-state index is 0.421. The molecule has 0 aromatic heterocycles. The molecule has 1 nitrogen and oxygen atoms in total. The summed E-state index contributed by atoms with van der Waals surface area (Å²) in [5.74, 6) is 3.19. The molecule has 0 amide bonds. The van der Waals surface area contributed by atoms with Crippen molar-refractivity contribution in [1.82, 2.24) is 0 Å². The predicted octanol–water partition coefficient (Wildman–Crippen LogP) is 3.89. The van der Waals surface area contributed by atoms with Crippen molar-refractivity contribution in [1.29, 1.82) is 0 Å². The predicted molar refractivity (Wildman–Crippen MR) is 72.6 cm³/mol. The Kier molecular flexibility index (Phi) is 3.06. The van der Waals surface area contributed by atoms with Crippen molar-refractivity contribution < 1.29 is 0 Å². The molecule has 4 aliphatic rings. The first kappa shape index (κ1) is 11.8. The lowest BCUT2D eigenvalue weighted by atomic mass is 9.48. The van der Waals surface area contributed by atoms with Crippen molar-refractivity contribution in [3.8, 4) is 0 Å². The number of hydrogen-bond acceptors (Lipinski definition) is 1. The van der Waals surface area contributed by atoms with Crippen molar-refractivity contribution in [3.05, 3.63) is 12.7 Å². The summed E-state index contributed by atoms with van der Waals surface area (Å²) in [6.07, 6.45) is 14.7. The second kappa shape index (κ2) is 4.42. The lowest BCUT2D eigenvalue weighted by molar-refractivity contribution is -0.0605. The second-order valence-electron chi connectivity index (χ2n) is 7.25. The van der Waals surface area contributed by atoms with Gasteiger partial charge in [0.2, 0.25) is 0 Å². The third-order valence-electron chi connectivity index (χ3n) is 5.60. The topological polar surface area (TPSA) is 26.0 Å². The Morgan fingerprint density at radius 1 is 1.12 bits per heavy atom. The highest BCUT2D eigenvalue weighted by Gasteiger charge is 2.50. The third kappa shape index (κ3) is 2.31. The van der Waals surface area contributed by atoms with Crippen LogP contribution in [0, 0.1) is 23.2 Å². The van der Waals surface area contributed by atoms with Gasteiger partial charge in [-0.25, -0.2) is 0 Å². The Morgan fingerprint density at radius 3 is 2.12 bits per heavy atom. The van der Waals surface area contributed by atoms with Crippen LogP contribution in [-0.2, 0) is 0 Å². The minimum Gasteiger partial charge on any atom is -0.328 e. The Morgan fingerprint density at radius 2 is 1.65 bits per heavy atom. The smallest absolute Gasteiger partial charge is 0.00470 e. The van der Waals surface area contributed by atoms with E-state index in [4.69, 9.17) is 5.73 Å². The van der Waals surface area contributed by atoms with Crippen molar-refractivity contribution in [2.75, 3.05) is 0 Å². The average molecular weight is 233 g/mol. The largest absolute Gasteiger partial charge is 0.328 e. The Balaban J connectivity index is 1.63. The molecule has 0 heterocycles. The van der Waals surface area contributed by atoms with E-state index in [9.17, 15) is 0 Å². The summed E-state index contributed by atoms with van der Waals surface area (Å²) in [6.45, 7) is 3.80. The first-order valence-electron chi connectivity index (χ1n) is 7.55. The van der Waals surface area contributed by atoms with Crippen LogP contribution in [0.25, 0.3) is 0 Å². The molecule has 0 radical (unpaired) electrons. The minimum absolute atomic E-state index is 0.421. The number of rotatable bonds is 5. The Hall–Kier alpha value is -0.300. The van der Waals surface area contributed by atoms with Gasteiger partial charge in [0.1, 0.15) is 0 Å². The van der Waals surface area contributed by atoms with Crippen LogP contribution in [0.3, 0.4) is 0 Å². The molecule has 0 saturated heterocycles. The van der Waals surface area contributed by atoms with Crippen LogP contribution in [0.5, 0.6) is 0 Å². The zero-order chi connectivity index (χ0) is 11.9. The molecule has 0 aromatic rings. The summed E-state index contributed by atoms with van der Waals surface area (Å²) >= 11 is 0. The average Bonchev–Trinajstić information content (AvgIpc) is 2.23. The molecule has 4 bridgehead atoms. The molecular weight excluding hydrogens is 206 g/mol. The van der Waals surface area contributed by atoms with E-state index in [1.54, 1.807) is 19.3 Å². The van der Waals surface area contributed by atoms with Crippen LogP contribution in [-0.4, -0.2) is 6.04 Å². The van der Waals surface area contributed by atoms with E-state index in [1.165, 1.54) is 25.7 Å². The lowest BCUT2D eigenvalue weighted by Gasteiger charge is -2.57. The monoisotopic (exact) mass is 233 g/mol. The fraction of sp³-hybridized carbons (Fsp3) is 0.875. The molecular formula is C16H27N. The maximum absolute atomic E-state index is 6.33. The molecule has 4 fully saturated rings. The quantitative estimate of drug-likeness (QED) is 0.716. The number of allylic oxidation sites excluding steroid dienone is 1. The van der Waals surface area contributed by atoms with E-state index in [2.05, 4.69) is 6.58 Å². The van der Waals surface area contributed by atoms with Crippen LogP contribution in [0.4, 0.5) is 0 Å². The van der Waals surface area contributed by atoms with Gasteiger partial charge < -0.3 is 5.73 Å². The molecule has 0 aliphatic heterocycles. The molecule has 96 valence electrons. The SMILES string of the molecule is C=CCCC(N)CC12CC3CC(CC(C3)C1)C2. The van der Waals surface area contributed by atoms with Gasteiger partial charge in [-0.15, -0.1) is 6.58 Å². The summed E-state index contributed by atoms with van der Waals surface area (Å²) in [5.41, 5.74) is 7.00. The van der Waals surface area contributed by atoms with Gasteiger partial charge in [-0.3, -0.25) is 0 Å². The van der Waals surface area contributed by atoms with Crippen molar-refractivity contribution in [2.45, 2.75) is 63.8 Å². The van der Waals surface area contributed by atoms with Gasteiger partial charge in [-0.05, 0) is 81.0 Å². The third-order valence-corrected chi connectivity index (χ3v) is 5.60. The number of nitrogens with two attached hydrogens (primary N) is 1. The molecule has 1 unspecified atom stereocenters. The van der Waals surface area contributed by atoms with Crippen LogP contribution >= 0.6 is 0 Å². The molecule has 4 aliphatic carbocycles. The summed E-state index contributed by atoms with van der Waals surface area (Å²) < 4.78 is 0. The normalized spacial score (nSPS) is 44.9. The number of hydrogen-bond donors (Lipinski definition) is 1. The molecule has 4 saturated carbocycles. The first-order chi connectivity index (χ1) is 8.19. The second-order valence-corrected chi connectivity index (χ2v) is 7.25. The van der Waals surface area contributed by atoms with Crippen molar-refractivity contribution >= 4 is 0 Å². The van der Waals surface area contributed by atoms with Crippen LogP contribution in [0.15, 0.2) is 12.7 Å². The maximum atomic E-state index is 6.33. The van der Waals surface area contributed by atoms with Gasteiger partial charge in [-0.2, -0.15) is 0 Å². The molecule has 2 N–H and O–H groups in total. The molecule has 1 heteroatoms. The summed E-state index contributed by atoms with van der Waals surface area (Å²) in [4.78, 5) is 0. The molecule has 4 rings (SSSR count). The van der Waals surface area contributed by atoms with E-state index in [-0.39, 0.29) is 0 Å². The van der Waals surface area contributed by atoms with Crippen LogP contribution in [0.1, 0.15) is 57.8 Å². The van der Waals surface area contributed by atoms with Crippen molar-refractivity contribution in [3.63, 3.8) is 0 Å². The zero-order valence-corrected chi connectivity index (χ0v) is 11.0. The summed E-state index contributed by atoms with van der Waals surface area (Å²) in [6, 6.07) is 0.421. The Labute approximate surface area is 106 Å². The highest BCUT2D eigenvalue weighted by atomic mass is 14.7. The standard InChI is InChI=1S/C16H27N/c1-2-3-4-15(17)11-16-8-12-5-13(9-16)7-14(6-12)10-16/h2,12-15H,1,3-11,17H2. The van der Waals surface area contributed by atoms with E-state index in [0.717, 1.165) is 30.6 Å². The maximum Gasteiger partial charge on any atom is 0.00470 e. The van der Waals surface area contributed by atoms with Crippen molar-refractivity contribution in [2.24, 2.45) is 28.9 Å². The lowest BCUT2D eigenvalue weighted by Crippen LogP contribution is -2.48.